The predicted molar refractivity (Wildman–Crippen MR) is 211 cm³/mol. The number of hydrogen-bond acceptors (Lipinski definition) is 11. The van der Waals surface area contributed by atoms with Crippen LogP contribution in [0.2, 0.25) is 0 Å². The monoisotopic (exact) mass is 755 g/mol. The van der Waals surface area contributed by atoms with E-state index < -0.39 is 11.8 Å². The number of thiazole rings is 1. The smallest absolute Gasteiger partial charge is 0.236 e. The number of pyridine rings is 1. The third-order valence-electron chi connectivity index (χ3n) is 9.56. The first kappa shape index (κ1) is 40.6. The van der Waals surface area contributed by atoms with Gasteiger partial charge in [0.15, 0.2) is 11.6 Å². The molecule has 1 amide bonds. The number of aromatic nitrogens is 2. The molecule has 2 aromatic heterocycles. The van der Waals surface area contributed by atoms with E-state index in [-0.39, 0.29) is 25.0 Å². The molecular formula is C42H53N5O6S. The summed E-state index contributed by atoms with van der Waals surface area (Å²) in [4.78, 5) is 36.2. The second kappa shape index (κ2) is 19.7. The molecule has 1 aliphatic carbocycles. The zero-order valence-corrected chi connectivity index (χ0v) is 32.4. The van der Waals surface area contributed by atoms with Gasteiger partial charge in [0.05, 0.1) is 28.8 Å². The Morgan fingerprint density at radius 1 is 1.17 bits per heavy atom. The van der Waals surface area contributed by atoms with Crippen LogP contribution in [0.1, 0.15) is 101 Å². The minimum absolute atomic E-state index is 0.00856. The van der Waals surface area contributed by atoms with Crippen molar-refractivity contribution in [1.29, 1.82) is 0 Å². The van der Waals surface area contributed by atoms with Crippen LogP contribution in [-0.4, -0.2) is 75.3 Å². The van der Waals surface area contributed by atoms with Crippen LogP contribution in [-0.2, 0) is 20.9 Å². The summed E-state index contributed by atoms with van der Waals surface area (Å²) >= 11 is 1.62. The highest BCUT2D eigenvalue weighted by atomic mass is 32.1. The van der Waals surface area contributed by atoms with E-state index in [4.69, 9.17) is 20.2 Å². The van der Waals surface area contributed by atoms with Crippen molar-refractivity contribution in [3.63, 3.8) is 0 Å². The summed E-state index contributed by atoms with van der Waals surface area (Å²) in [7, 11) is 0. The average Bonchev–Trinajstić information content (AvgIpc) is 3.59. The first-order valence-electron chi connectivity index (χ1n) is 18.9. The number of ether oxygens (including phenoxy) is 2. The Morgan fingerprint density at radius 2 is 1.98 bits per heavy atom. The van der Waals surface area contributed by atoms with Crippen molar-refractivity contribution in [2.45, 2.75) is 103 Å². The van der Waals surface area contributed by atoms with E-state index in [1.165, 1.54) is 0 Å². The van der Waals surface area contributed by atoms with Crippen molar-refractivity contribution in [2.75, 3.05) is 32.0 Å². The van der Waals surface area contributed by atoms with Gasteiger partial charge in [-0.15, -0.1) is 11.3 Å². The van der Waals surface area contributed by atoms with Crippen LogP contribution < -0.4 is 15.8 Å². The highest BCUT2D eigenvalue weighted by molar-refractivity contribution is 7.15. The first-order valence-corrected chi connectivity index (χ1v) is 19.7. The minimum Gasteiger partial charge on any atom is -0.498 e. The number of unbranched alkanes of at least 4 members (excludes halogenated alkanes) is 2. The number of nitrogens with zero attached hydrogens (tertiary/aromatic N) is 3. The van der Waals surface area contributed by atoms with Crippen molar-refractivity contribution in [3.8, 4) is 28.0 Å². The summed E-state index contributed by atoms with van der Waals surface area (Å²) in [6.45, 7) is 7.50. The van der Waals surface area contributed by atoms with Crippen LogP contribution in [0.4, 0.5) is 5.82 Å². The van der Waals surface area contributed by atoms with Gasteiger partial charge in [-0.05, 0) is 101 Å². The highest BCUT2D eigenvalue weighted by Crippen LogP contribution is 2.36. The number of rotatable bonds is 16. The molecule has 1 aliphatic heterocycles. The van der Waals surface area contributed by atoms with Crippen molar-refractivity contribution >= 4 is 29.3 Å². The van der Waals surface area contributed by atoms with E-state index in [1.807, 2.05) is 54.4 Å². The Balaban J connectivity index is 1.01. The number of likely N-dealkylation sites (tertiary alicyclic amines) is 1. The first-order chi connectivity index (χ1) is 26.0. The Labute approximate surface area is 322 Å². The van der Waals surface area contributed by atoms with E-state index in [0.717, 1.165) is 101 Å². The molecule has 1 atom stereocenters. The number of piperidine rings is 1. The van der Waals surface area contributed by atoms with E-state index in [2.05, 4.69) is 22.1 Å². The van der Waals surface area contributed by atoms with Crippen molar-refractivity contribution in [1.82, 2.24) is 20.2 Å². The molecule has 1 aromatic carbocycles. The number of hydrogen-bond donors (Lipinski definition) is 4. The molecule has 288 valence electrons. The molecule has 3 heterocycles. The molecule has 54 heavy (non-hydrogen) atoms. The predicted octanol–water partition coefficient (Wildman–Crippen LogP) is 6.26. The van der Waals surface area contributed by atoms with Crippen LogP contribution in [0.5, 0.6) is 5.75 Å². The maximum atomic E-state index is 12.9. The van der Waals surface area contributed by atoms with E-state index in [9.17, 15) is 19.8 Å². The summed E-state index contributed by atoms with van der Waals surface area (Å²) in [5, 5.41) is 24.4. The fraction of sp³-hybridized carbons (Fsp3) is 0.476. The molecule has 0 spiro atoms. The van der Waals surface area contributed by atoms with Gasteiger partial charge in [0.1, 0.15) is 24.7 Å². The lowest BCUT2D eigenvalue weighted by molar-refractivity contribution is -0.132. The zero-order chi connectivity index (χ0) is 38.5. The maximum Gasteiger partial charge on any atom is 0.236 e. The number of aliphatic hydroxyl groups is 2. The minimum atomic E-state index is -1.07. The lowest BCUT2D eigenvalue weighted by atomic mass is 9.97. The van der Waals surface area contributed by atoms with Crippen LogP contribution in [0.3, 0.4) is 0 Å². The van der Waals surface area contributed by atoms with Crippen molar-refractivity contribution in [2.24, 2.45) is 0 Å². The summed E-state index contributed by atoms with van der Waals surface area (Å²) in [6.07, 6.45) is 13.2. The number of nitrogens with two attached hydrogens (primary N) is 1. The number of carbonyl (C=O) groups is 2. The topological polar surface area (TPSA) is 160 Å². The van der Waals surface area contributed by atoms with Gasteiger partial charge in [0, 0.05) is 54.5 Å². The third-order valence-corrected chi connectivity index (χ3v) is 10.8. The molecule has 3 aromatic rings. The van der Waals surface area contributed by atoms with Gasteiger partial charge in [-0.3, -0.25) is 14.9 Å². The molecule has 1 fully saturated rings. The van der Waals surface area contributed by atoms with Gasteiger partial charge in [-0.1, -0.05) is 30.0 Å². The molecule has 11 nitrogen and oxygen atoms in total. The molecule has 5 rings (SSSR count). The number of nitrogens with one attached hydrogen (secondary N) is 1. The quantitative estimate of drug-likeness (QED) is 0.0569. The number of benzene rings is 1. The Hall–Kier alpha value is -4.54. The van der Waals surface area contributed by atoms with E-state index in [0.29, 0.717) is 37.7 Å². The number of allylic oxidation sites excluding steroid dienone is 4. The van der Waals surface area contributed by atoms with Crippen LogP contribution in [0.15, 0.2) is 65.7 Å². The number of aldehydes is 1. The molecule has 0 radical (unpaired) electrons. The SMILES string of the molecule is CC1=C(OCCCCCC(O)NCC(=O)N2CCC(c3ncc(-c4cnc(N)c(OCc5cccc(C#CC(C)(C)O)c5)c4)s3)CC2)CCCC=C1C=O. The molecule has 1 saturated heterocycles. The normalized spacial score (nSPS) is 15.9. The van der Waals surface area contributed by atoms with Crippen LogP contribution in [0, 0.1) is 11.8 Å². The van der Waals surface area contributed by atoms with E-state index in [1.54, 1.807) is 31.4 Å². The molecule has 0 bridgehead atoms. The highest BCUT2D eigenvalue weighted by Gasteiger charge is 2.26. The van der Waals surface area contributed by atoms with Gasteiger partial charge in [0.2, 0.25) is 5.91 Å². The Bertz CT molecular complexity index is 1860. The number of aliphatic hydroxyl groups excluding tert-OH is 1. The molecule has 2 aliphatic rings. The standard InChI is InChI=1S/C42H53N5O6S/c1-29-33(27-48)12-6-7-13-35(29)52-21-8-4-5-14-38(49)44-26-39(50)47-19-16-32(17-20-47)41-46-25-37(54-41)34-23-36(40(43)45-24-34)53-28-31-11-9-10-30(22-31)15-18-42(2,3)51/h9-12,22-25,27,32,38,44,49,51H,4-8,13-14,16-17,19-21,26,28H2,1-3H3,(H2,43,45). The summed E-state index contributed by atoms with van der Waals surface area (Å²) < 4.78 is 12.1. The van der Waals surface area contributed by atoms with Gasteiger partial charge in [-0.25, -0.2) is 9.97 Å². The van der Waals surface area contributed by atoms with E-state index >= 15 is 0 Å². The van der Waals surface area contributed by atoms with Gasteiger partial charge in [-0.2, -0.15) is 0 Å². The summed E-state index contributed by atoms with van der Waals surface area (Å²) in [5.74, 6) is 7.76. The molecule has 0 saturated carbocycles. The second-order valence-electron chi connectivity index (χ2n) is 14.4. The van der Waals surface area contributed by atoms with Crippen molar-refractivity contribution in [3.05, 3.63) is 81.8 Å². The maximum absolute atomic E-state index is 12.9. The third kappa shape index (κ3) is 12.2. The molecule has 12 heteroatoms. The van der Waals surface area contributed by atoms with Crippen molar-refractivity contribution < 1.29 is 29.3 Å². The summed E-state index contributed by atoms with van der Waals surface area (Å²) in [5.41, 5.74) is 9.33. The fourth-order valence-corrected chi connectivity index (χ4v) is 7.45. The number of anilines is 1. The number of nitrogen functional groups attached to an aromatic ring is 1. The van der Waals surface area contributed by atoms with Crippen LogP contribution in [0.25, 0.3) is 10.4 Å². The Kier molecular flexibility index (Phi) is 14.8. The number of carbonyl (C=O) groups excluding carboxylic acids is 2. The average molecular weight is 756 g/mol. The zero-order valence-electron chi connectivity index (χ0n) is 31.6. The largest absolute Gasteiger partial charge is 0.498 e. The van der Waals surface area contributed by atoms with Gasteiger partial charge >= 0.3 is 0 Å². The Morgan fingerprint density at radius 3 is 2.76 bits per heavy atom. The number of amides is 1. The lowest BCUT2D eigenvalue weighted by Crippen LogP contribution is -2.44. The van der Waals surface area contributed by atoms with Gasteiger partial charge in [0.25, 0.3) is 0 Å². The molecular weight excluding hydrogens is 703 g/mol. The second-order valence-corrected chi connectivity index (χ2v) is 15.5. The van der Waals surface area contributed by atoms with Gasteiger partial charge < -0.3 is 30.3 Å². The summed E-state index contributed by atoms with van der Waals surface area (Å²) in [6, 6.07) is 9.54. The molecule has 1 unspecified atom stereocenters. The molecule has 5 N–H and O–H groups in total. The van der Waals surface area contributed by atoms with Crippen LogP contribution >= 0.6 is 11.3 Å². The lowest BCUT2D eigenvalue weighted by Gasteiger charge is -2.31. The fourth-order valence-electron chi connectivity index (χ4n) is 6.39.